The molecule has 3 heterocycles. The molecule has 0 fully saturated rings. The van der Waals surface area contributed by atoms with Crippen LogP contribution in [0.5, 0.6) is 0 Å². The minimum atomic E-state index is 0.526. The van der Waals surface area contributed by atoms with Crippen LogP contribution in [0.3, 0.4) is 0 Å². The highest BCUT2D eigenvalue weighted by atomic mass is 16.5. The van der Waals surface area contributed by atoms with Crippen LogP contribution >= 0.6 is 0 Å². The second-order valence-corrected chi connectivity index (χ2v) is 4.13. The largest absolute Gasteiger partial charge is 0.378 e. The lowest BCUT2D eigenvalue weighted by atomic mass is 10.2. The molecule has 0 atom stereocenters. The first-order valence-corrected chi connectivity index (χ1v) is 5.51. The first kappa shape index (κ1) is 10.2. The number of nitrogens with one attached hydrogen (secondary N) is 1. The van der Waals surface area contributed by atoms with Crippen LogP contribution in [0.2, 0.25) is 0 Å². The summed E-state index contributed by atoms with van der Waals surface area (Å²) in [6.45, 7) is 2.51. The van der Waals surface area contributed by atoms with Gasteiger partial charge < -0.3 is 9.72 Å². The number of ether oxygens (including phenoxy) is 1. The molecule has 0 radical (unpaired) electrons. The molecule has 1 N–H and O–H groups in total. The average molecular weight is 227 g/mol. The zero-order valence-electron chi connectivity index (χ0n) is 9.82. The van der Waals surface area contributed by atoms with Crippen molar-refractivity contribution in [1.82, 2.24) is 15.0 Å². The van der Waals surface area contributed by atoms with Gasteiger partial charge in [-0.1, -0.05) is 0 Å². The lowest BCUT2D eigenvalue weighted by Gasteiger charge is -1.97. The monoisotopic (exact) mass is 227 g/mol. The predicted molar refractivity (Wildman–Crippen MR) is 66.8 cm³/mol. The second kappa shape index (κ2) is 3.82. The molecule has 3 aromatic heterocycles. The average Bonchev–Trinajstić information content (AvgIpc) is 2.65. The summed E-state index contributed by atoms with van der Waals surface area (Å²) in [5, 5.41) is 2.22. The van der Waals surface area contributed by atoms with Crippen LogP contribution < -0.4 is 0 Å². The van der Waals surface area contributed by atoms with Crippen LogP contribution in [0, 0.1) is 6.92 Å². The number of H-pyrrole nitrogens is 1. The first-order chi connectivity index (χ1) is 8.28. The molecule has 0 saturated carbocycles. The fraction of sp³-hybridized carbons (Fsp3) is 0.231. The fourth-order valence-corrected chi connectivity index (χ4v) is 2.04. The number of aromatic amines is 1. The third kappa shape index (κ3) is 1.66. The summed E-state index contributed by atoms with van der Waals surface area (Å²) in [5.74, 6) is 0. The van der Waals surface area contributed by atoms with E-state index in [0.717, 1.165) is 33.3 Å². The number of fused-ring (bicyclic) bond motifs is 3. The molecule has 0 bridgehead atoms. The van der Waals surface area contributed by atoms with E-state index >= 15 is 0 Å². The number of rotatable bonds is 2. The Morgan fingerprint density at radius 2 is 2.18 bits per heavy atom. The molecule has 0 aliphatic carbocycles. The molecule has 0 amide bonds. The molecule has 0 aliphatic rings. The third-order valence-corrected chi connectivity index (χ3v) is 2.83. The van der Waals surface area contributed by atoms with Gasteiger partial charge in [-0.15, -0.1) is 0 Å². The van der Waals surface area contributed by atoms with Crippen LogP contribution in [0.15, 0.2) is 24.4 Å². The fourth-order valence-electron chi connectivity index (χ4n) is 2.04. The van der Waals surface area contributed by atoms with Crippen molar-refractivity contribution in [1.29, 1.82) is 0 Å². The van der Waals surface area contributed by atoms with Crippen LogP contribution in [0.25, 0.3) is 21.9 Å². The molecule has 17 heavy (non-hydrogen) atoms. The highest BCUT2D eigenvalue weighted by Gasteiger charge is 2.06. The number of nitrogens with zero attached hydrogens (tertiary/aromatic N) is 2. The lowest BCUT2D eigenvalue weighted by Crippen LogP contribution is -1.90. The lowest BCUT2D eigenvalue weighted by molar-refractivity contribution is 0.181. The molecular weight excluding hydrogens is 214 g/mol. The van der Waals surface area contributed by atoms with Crippen molar-refractivity contribution in [2.24, 2.45) is 0 Å². The maximum absolute atomic E-state index is 5.08. The molecule has 3 aromatic rings. The number of hydrogen-bond acceptors (Lipinski definition) is 3. The van der Waals surface area contributed by atoms with Gasteiger partial charge in [0.2, 0.25) is 0 Å². The molecule has 0 spiro atoms. The smallest absolute Gasteiger partial charge is 0.138 e. The van der Waals surface area contributed by atoms with E-state index in [1.54, 1.807) is 7.11 Å². The molecule has 4 nitrogen and oxygen atoms in total. The molecule has 0 aromatic carbocycles. The van der Waals surface area contributed by atoms with Gasteiger partial charge in [0.25, 0.3) is 0 Å². The van der Waals surface area contributed by atoms with E-state index in [1.807, 2.05) is 25.3 Å². The number of aromatic nitrogens is 3. The van der Waals surface area contributed by atoms with Gasteiger partial charge in [0.15, 0.2) is 0 Å². The molecular formula is C13H13N3O. The third-order valence-electron chi connectivity index (χ3n) is 2.83. The Hall–Kier alpha value is -1.94. The van der Waals surface area contributed by atoms with E-state index in [-0.39, 0.29) is 0 Å². The van der Waals surface area contributed by atoms with E-state index in [2.05, 4.69) is 21.0 Å². The minimum Gasteiger partial charge on any atom is -0.378 e. The summed E-state index contributed by atoms with van der Waals surface area (Å²) in [6, 6.07) is 6.10. The normalized spacial score (nSPS) is 11.4. The highest BCUT2D eigenvalue weighted by Crippen LogP contribution is 2.24. The SMILES string of the molecule is COCc1cc2[nH]c3nc(C)ccc3c2cn1. The molecule has 4 heteroatoms. The highest BCUT2D eigenvalue weighted by molar-refractivity contribution is 6.05. The van der Waals surface area contributed by atoms with Gasteiger partial charge in [0.05, 0.1) is 17.8 Å². The van der Waals surface area contributed by atoms with Crippen molar-refractivity contribution in [3.63, 3.8) is 0 Å². The van der Waals surface area contributed by atoms with Crippen molar-refractivity contribution in [3.05, 3.63) is 35.8 Å². The van der Waals surface area contributed by atoms with Gasteiger partial charge in [-0.3, -0.25) is 4.98 Å². The second-order valence-electron chi connectivity index (χ2n) is 4.13. The standard InChI is InChI=1S/C13H13N3O/c1-8-3-4-10-11-6-14-9(7-17-2)5-12(11)16-13(10)15-8/h3-6H,7H2,1-2H3,(H,15,16). The zero-order chi connectivity index (χ0) is 11.8. The Kier molecular flexibility index (Phi) is 2.30. The molecule has 3 rings (SSSR count). The summed E-state index contributed by atoms with van der Waals surface area (Å²) in [7, 11) is 1.67. The number of pyridine rings is 2. The van der Waals surface area contributed by atoms with Gasteiger partial charge >= 0.3 is 0 Å². The molecule has 0 saturated heterocycles. The van der Waals surface area contributed by atoms with Crippen LogP contribution in [0.1, 0.15) is 11.4 Å². The first-order valence-electron chi connectivity index (χ1n) is 5.51. The Bertz CT molecular complexity index is 688. The van der Waals surface area contributed by atoms with E-state index in [9.17, 15) is 0 Å². The Morgan fingerprint density at radius 3 is 3.00 bits per heavy atom. The van der Waals surface area contributed by atoms with Crippen LogP contribution in [-0.2, 0) is 11.3 Å². The van der Waals surface area contributed by atoms with Crippen molar-refractivity contribution in [3.8, 4) is 0 Å². The van der Waals surface area contributed by atoms with E-state index < -0.39 is 0 Å². The zero-order valence-corrected chi connectivity index (χ0v) is 9.82. The summed E-state index contributed by atoms with van der Waals surface area (Å²) in [4.78, 5) is 12.2. The van der Waals surface area contributed by atoms with Gasteiger partial charge in [-0.25, -0.2) is 4.98 Å². The Labute approximate surface area is 98.7 Å². The minimum absolute atomic E-state index is 0.526. The van der Waals surface area contributed by atoms with Crippen LogP contribution in [-0.4, -0.2) is 22.1 Å². The van der Waals surface area contributed by atoms with Gasteiger partial charge in [0, 0.05) is 29.8 Å². The Balaban J connectivity index is 2.27. The van der Waals surface area contributed by atoms with E-state index in [0.29, 0.717) is 6.61 Å². The van der Waals surface area contributed by atoms with Gasteiger partial charge in [0.1, 0.15) is 5.65 Å². The maximum Gasteiger partial charge on any atom is 0.138 e. The van der Waals surface area contributed by atoms with Crippen molar-refractivity contribution in [2.75, 3.05) is 7.11 Å². The number of methoxy groups -OCH3 is 1. The summed E-state index contributed by atoms with van der Waals surface area (Å²) in [6.07, 6.45) is 1.87. The van der Waals surface area contributed by atoms with Gasteiger partial charge in [-0.05, 0) is 25.1 Å². The van der Waals surface area contributed by atoms with Gasteiger partial charge in [-0.2, -0.15) is 0 Å². The number of hydrogen-bond donors (Lipinski definition) is 1. The quantitative estimate of drug-likeness (QED) is 0.732. The molecule has 0 aliphatic heterocycles. The molecule has 0 unspecified atom stereocenters. The van der Waals surface area contributed by atoms with Crippen LogP contribution in [0.4, 0.5) is 0 Å². The summed E-state index contributed by atoms with van der Waals surface area (Å²) >= 11 is 0. The van der Waals surface area contributed by atoms with E-state index in [4.69, 9.17) is 4.74 Å². The number of aryl methyl sites for hydroxylation is 1. The van der Waals surface area contributed by atoms with E-state index in [1.165, 1.54) is 0 Å². The van der Waals surface area contributed by atoms with Crippen molar-refractivity contribution >= 4 is 21.9 Å². The molecule has 86 valence electrons. The summed E-state index contributed by atoms with van der Waals surface area (Å²) < 4.78 is 5.08. The Morgan fingerprint density at radius 1 is 1.29 bits per heavy atom. The van der Waals surface area contributed by atoms with Crippen molar-refractivity contribution in [2.45, 2.75) is 13.5 Å². The summed E-state index contributed by atoms with van der Waals surface area (Å²) in [5.41, 5.74) is 3.90. The topological polar surface area (TPSA) is 50.8 Å². The van der Waals surface area contributed by atoms with Crippen molar-refractivity contribution < 1.29 is 4.74 Å². The predicted octanol–water partition coefficient (Wildman–Crippen LogP) is 2.57. The maximum atomic E-state index is 5.08.